The molecule has 108 valence electrons. The van der Waals surface area contributed by atoms with Crippen molar-refractivity contribution in [3.8, 4) is 11.4 Å². The number of ether oxygens (including phenoxy) is 1. The molecule has 0 bridgehead atoms. The number of imidazole rings is 1. The van der Waals surface area contributed by atoms with E-state index in [1.807, 2.05) is 12.4 Å². The van der Waals surface area contributed by atoms with Gasteiger partial charge in [0.2, 0.25) is 0 Å². The van der Waals surface area contributed by atoms with E-state index in [1.54, 1.807) is 18.4 Å². The summed E-state index contributed by atoms with van der Waals surface area (Å²) in [5.74, 6) is 0.992. The monoisotopic (exact) mass is 298 g/mol. The van der Waals surface area contributed by atoms with Crippen LogP contribution in [-0.4, -0.2) is 16.7 Å². The minimum absolute atomic E-state index is 0.0574. The summed E-state index contributed by atoms with van der Waals surface area (Å²) in [6.07, 6.45) is 3.92. The summed E-state index contributed by atoms with van der Waals surface area (Å²) >= 11 is 1.72. The van der Waals surface area contributed by atoms with Gasteiger partial charge >= 0.3 is 0 Å². The third-order valence-corrected chi connectivity index (χ3v) is 4.57. The van der Waals surface area contributed by atoms with Gasteiger partial charge in [0.15, 0.2) is 0 Å². The Morgan fingerprint density at radius 2 is 2.10 bits per heavy atom. The van der Waals surface area contributed by atoms with Gasteiger partial charge in [-0.3, -0.25) is 0 Å². The van der Waals surface area contributed by atoms with Crippen molar-refractivity contribution in [3.05, 3.63) is 64.6 Å². The number of methoxy groups -OCH3 is 1. The van der Waals surface area contributed by atoms with Crippen molar-refractivity contribution < 1.29 is 4.74 Å². The first-order valence-corrected chi connectivity index (χ1v) is 7.81. The van der Waals surface area contributed by atoms with Crippen molar-refractivity contribution in [2.45, 2.75) is 19.6 Å². The molecule has 4 heteroatoms. The SMILES string of the molecule is COC(Cn1ccnc1-c1ccccc1C)c1cccs1. The van der Waals surface area contributed by atoms with Gasteiger partial charge in [-0.25, -0.2) is 4.98 Å². The van der Waals surface area contributed by atoms with E-state index in [2.05, 4.69) is 58.3 Å². The third-order valence-electron chi connectivity index (χ3n) is 3.61. The summed E-state index contributed by atoms with van der Waals surface area (Å²) < 4.78 is 7.81. The molecule has 3 nitrogen and oxygen atoms in total. The highest BCUT2D eigenvalue weighted by molar-refractivity contribution is 7.10. The lowest BCUT2D eigenvalue weighted by Crippen LogP contribution is -2.10. The van der Waals surface area contributed by atoms with Gasteiger partial charge in [-0.05, 0) is 23.9 Å². The average molecular weight is 298 g/mol. The van der Waals surface area contributed by atoms with Crippen LogP contribution in [0.1, 0.15) is 16.5 Å². The molecule has 21 heavy (non-hydrogen) atoms. The van der Waals surface area contributed by atoms with Crippen molar-refractivity contribution in [3.63, 3.8) is 0 Å². The van der Waals surface area contributed by atoms with Crippen molar-refractivity contribution in [2.24, 2.45) is 0 Å². The van der Waals surface area contributed by atoms with Crippen molar-refractivity contribution in [2.75, 3.05) is 7.11 Å². The van der Waals surface area contributed by atoms with Crippen LogP contribution in [0.4, 0.5) is 0 Å². The zero-order valence-electron chi connectivity index (χ0n) is 12.2. The zero-order chi connectivity index (χ0) is 14.7. The maximum atomic E-state index is 5.65. The summed E-state index contributed by atoms with van der Waals surface area (Å²) in [4.78, 5) is 5.76. The van der Waals surface area contributed by atoms with Crippen LogP contribution in [0.15, 0.2) is 54.2 Å². The second-order valence-corrected chi connectivity index (χ2v) is 5.94. The van der Waals surface area contributed by atoms with E-state index in [-0.39, 0.29) is 6.10 Å². The molecule has 0 aliphatic rings. The topological polar surface area (TPSA) is 27.1 Å². The van der Waals surface area contributed by atoms with Crippen molar-refractivity contribution >= 4 is 11.3 Å². The molecule has 3 aromatic rings. The van der Waals surface area contributed by atoms with E-state index < -0.39 is 0 Å². The first kappa shape index (κ1) is 14.0. The number of thiophene rings is 1. The normalized spacial score (nSPS) is 12.5. The molecule has 1 unspecified atom stereocenters. The Bertz CT molecular complexity index is 703. The summed E-state index contributed by atoms with van der Waals surface area (Å²) in [5.41, 5.74) is 2.40. The standard InChI is InChI=1S/C17H18N2OS/c1-13-6-3-4-7-14(13)17-18-9-10-19(17)12-15(20-2)16-8-5-11-21-16/h3-11,15H,12H2,1-2H3. The predicted octanol–water partition coefficient (Wildman–Crippen LogP) is 4.31. The lowest BCUT2D eigenvalue weighted by atomic mass is 10.1. The molecule has 3 rings (SSSR count). The van der Waals surface area contributed by atoms with E-state index in [1.165, 1.54) is 16.0 Å². The van der Waals surface area contributed by atoms with Crippen LogP contribution in [-0.2, 0) is 11.3 Å². The van der Waals surface area contributed by atoms with Crippen LogP contribution in [0.25, 0.3) is 11.4 Å². The average Bonchev–Trinajstić information content (AvgIpc) is 3.17. The summed E-state index contributed by atoms with van der Waals surface area (Å²) in [6.45, 7) is 2.88. The molecule has 2 aromatic heterocycles. The molecule has 0 N–H and O–H groups in total. The highest BCUT2D eigenvalue weighted by atomic mass is 32.1. The Kier molecular flexibility index (Phi) is 4.18. The summed E-state index contributed by atoms with van der Waals surface area (Å²) in [5, 5.41) is 2.08. The fourth-order valence-corrected chi connectivity index (χ4v) is 3.25. The number of hydrogen-bond acceptors (Lipinski definition) is 3. The largest absolute Gasteiger partial charge is 0.374 e. The molecule has 1 atom stereocenters. The highest BCUT2D eigenvalue weighted by Gasteiger charge is 2.15. The molecule has 0 aliphatic carbocycles. The van der Waals surface area contributed by atoms with Gasteiger partial charge in [0, 0.05) is 29.9 Å². The predicted molar refractivity (Wildman–Crippen MR) is 86.5 cm³/mol. The second-order valence-electron chi connectivity index (χ2n) is 4.96. The van der Waals surface area contributed by atoms with Gasteiger partial charge in [-0.1, -0.05) is 30.3 Å². The minimum atomic E-state index is 0.0574. The quantitative estimate of drug-likeness (QED) is 0.702. The van der Waals surface area contributed by atoms with E-state index in [4.69, 9.17) is 4.74 Å². The molecule has 2 heterocycles. The van der Waals surface area contributed by atoms with E-state index in [0.29, 0.717) is 0 Å². The first-order chi connectivity index (χ1) is 10.3. The van der Waals surface area contributed by atoms with Crippen molar-refractivity contribution in [1.82, 2.24) is 9.55 Å². The molecule has 1 aromatic carbocycles. The zero-order valence-corrected chi connectivity index (χ0v) is 13.0. The molecule has 0 saturated carbocycles. The number of rotatable bonds is 5. The maximum Gasteiger partial charge on any atom is 0.140 e. The summed E-state index contributed by atoms with van der Waals surface area (Å²) in [7, 11) is 1.76. The van der Waals surface area contributed by atoms with Gasteiger partial charge in [-0.15, -0.1) is 11.3 Å². The molecule has 0 fully saturated rings. The molecule has 0 amide bonds. The number of benzene rings is 1. The van der Waals surface area contributed by atoms with Gasteiger partial charge in [0.05, 0.1) is 6.54 Å². The third kappa shape index (κ3) is 2.91. The van der Waals surface area contributed by atoms with Crippen LogP contribution in [0.3, 0.4) is 0 Å². The van der Waals surface area contributed by atoms with Crippen LogP contribution >= 0.6 is 11.3 Å². The molecule has 0 radical (unpaired) electrons. The Morgan fingerprint density at radius 1 is 1.24 bits per heavy atom. The molecule has 0 aliphatic heterocycles. The minimum Gasteiger partial charge on any atom is -0.374 e. The second kappa shape index (κ2) is 6.24. The van der Waals surface area contributed by atoms with Gasteiger partial charge in [-0.2, -0.15) is 0 Å². The lowest BCUT2D eigenvalue weighted by molar-refractivity contribution is 0.0911. The van der Waals surface area contributed by atoms with E-state index >= 15 is 0 Å². The molecule has 0 saturated heterocycles. The van der Waals surface area contributed by atoms with E-state index in [0.717, 1.165) is 12.4 Å². The smallest absolute Gasteiger partial charge is 0.140 e. The highest BCUT2D eigenvalue weighted by Crippen LogP contribution is 2.27. The van der Waals surface area contributed by atoms with Crippen LogP contribution < -0.4 is 0 Å². The lowest BCUT2D eigenvalue weighted by Gasteiger charge is -2.17. The molecular weight excluding hydrogens is 280 g/mol. The van der Waals surface area contributed by atoms with Gasteiger partial charge in [0.25, 0.3) is 0 Å². The van der Waals surface area contributed by atoms with Gasteiger partial charge in [0.1, 0.15) is 11.9 Å². The Labute approximate surface area is 128 Å². The number of nitrogens with zero attached hydrogens (tertiary/aromatic N) is 2. The molecular formula is C17H18N2OS. The molecule has 0 spiro atoms. The Balaban J connectivity index is 1.91. The Hall–Kier alpha value is -1.91. The Morgan fingerprint density at radius 3 is 2.81 bits per heavy atom. The number of aromatic nitrogens is 2. The van der Waals surface area contributed by atoms with Crippen LogP contribution in [0.5, 0.6) is 0 Å². The fourth-order valence-electron chi connectivity index (χ4n) is 2.46. The van der Waals surface area contributed by atoms with Gasteiger partial charge < -0.3 is 9.30 Å². The summed E-state index contributed by atoms with van der Waals surface area (Å²) in [6, 6.07) is 12.5. The number of hydrogen-bond donors (Lipinski definition) is 0. The number of aryl methyl sites for hydroxylation is 1. The van der Waals surface area contributed by atoms with E-state index in [9.17, 15) is 0 Å². The maximum absolute atomic E-state index is 5.65. The first-order valence-electron chi connectivity index (χ1n) is 6.93. The van der Waals surface area contributed by atoms with Crippen LogP contribution in [0, 0.1) is 6.92 Å². The fraction of sp³-hybridized carbons (Fsp3) is 0.235. The van der Waals surface area contributed by atoms with Crippen molar-refractivity contribution in [1.29, 1.82) is 0 Å². The van der Waals surface area contributed by atoms with Crippen LogP contribution in [0.2, 0.25) is 0 Å².